The van der Waals surface area contributed by atoms with Crippen LogP contribution in [-0.2, 0) is 19.1 Å². The van der Waals surface area contributed by atoms with E-state index in [1.54, 1.807) is 38.4 Å². The summed E-state index contributed by atoms with van der Waals surface area (Å²) in [5, 5.41) is 8.14. The van der Waals surface area contributed by atoms with Gasteiger partial charge in [-0.3, -0.25) is 19.2 Å². The molecule has 4 amide bonds. The summed E-state index contributed by atoms with van der Waals surface area (Å²) < 4.78 is 10.8. The van der Waals surface area contributed by atoms with Crippen molar-refractivity contribution in [2.75, 3.05) is 40.5 Å². The van der Waals surface area contributed by atoms with Crippen LogP contribution in [0.5, 0.6) is 5.75 Å². The van der Waals surface area contributed by atoms with E-state index in [0.717, 1.165) is 0 Å². The van der Waals surface area contributed by atoms with E-state index in [-0.39, 0.29) is 37.0 Å². The second kappa shape index (κ2) is 13.5. The van der Waals surface area contributed by atoms with Crippen LogP contribution in [0.4, 0.5) is 0 Å². The van der Waals surface area contributed by atoms with Crippen LogP contribution in [0.15, 0.2) is 24.3 Å². The van der Waals surface area contributed by atoms with E-state index in [9.17, 15) is 19.2 Å². The molecule has 1 aromatic rings. The van der Waals surface area contributed by atoms with Crippen molar-refractivity contribution in [2.24, 2.45) is 5.92 Å². The molecule has 0 spiro atoms. The van der Waals surface area contributed by atoms with E-state index in [4.69, 9.17) is 9.47 Å². The zero-order valence-electron chi connectivity index (χ0n) is 20.4. The van der Waals surface area contributed by atoms with Crippen molar-refractivity contribution in [3.8, 4) is 5.75 Å². The van der Waals surface area contributed by atoms with E-state index in [1.807, 2.05) is 13.8 Å². The SMILES string of the molecule is COCCCNC(=O)[C@@H]1CC(=O)N[C@H](CC(C)C)C(=O)N(C)CCOc2ccccc2C(=O)N1. The fraction of sp³-hybridized carbons (Fsp3) is 0.583. The molecule has 0 bridgehead atoms. The minimum atomic E-state index is -1.13. The summed E-state index contributed by atoms with van der Waals surface area (Å²) in [7, 11) is 3.21. The van der Waals surface area contributed by atoms with Crippen LogP contribution in [0, 0.1) is 5.92 Å². The van der Waals surface area contributed by atoms with Gasteiger partial charge in [0.2, 0.25) is 17.7 Å². The Morgan fingerprint density at radius 3 is 2.68 bits per heavy atom. The average Bonchev–Trinajstić information content (AvgIpc) is 2.79. The second-order valence-corrected chi connectivity index (χ2v) is 8.72. The number of nitrogens with one attached hydrogen (secondary N) is 3. The lowest BCUT2D eigenvalue weighted by Crippen LogP contribution is -2.53. The largest absolute Gasteiger partial charge is 0.491 e. The highest BCUT2D eigenvalue weighted by Gasteiger charge is 2.30. The number of methoxy groups -OCH3 is 1. The molecular weight excluding hydrogens is 440 g/mol. The number of likely N-dealkylation sites (N-methyl/N-ethyl adjacent to an activating group) is 1. The molecule has 1 aliphatic heterocycles. The number of fused-ring (bicyclic) bond motifs is 1. The molecule has 34 heavy (non-hydrogen) atoms. The highest BCUT2D eigenvalue weighted by atomic mass is 16.5. The van der Waals surface area contributed by atoms with Crippen LogP contribution in [-0.4, -0.2) is 81.1 Å². The number of rotatable bonds is 7. The number of amides is 4. The molecule has 2 atom stereocenters. The van der Waals surface area contributed by atoms with Crippen molar-refractivity contribution in [1.29, 1.82) is 0 Å². The Morgan fingerprint density at radius 2 is 1.97 bits per heavy atom. The minimum absolute atomic E-state index is 0.157. The molecule has 1 aliphatic rings. The van der Waals surface area contributed by atoms with Crippen LogP contribution in [0.25, 0.3) is 0 Å². The third-order valence-corrected chi connectivity index (χ3v) is 5.37. The van der Waals surface area contributed by atoms with Crippen molar-refractivity contribution in [3.05, 3.63) is 29.8 Å². The molecule has 0 saturated heterocycles. The average molecular weight is 477 g/mol. The van der Waals surface area contributed by atoms with Crippen molar-refractivity contribution in [2.45, 2.75) is 45.2 Å². The molecule has 188 valence electrons. The molecule has 0 fully saturated rings. The van der Waals surface area contributed by atoms with Gasteiger partial charge in [0, 0.05) is 27.3 Å². The zero-order valence-corrected chi connectivity index (χ0v) is 20.4. The fourth-order valence-electron chi connectivity index (χ4n) is 3.58. The molecule has 0 aromatic heterocycles. The van der Waals surface area contributed by atoms with Gasteiger partial charge in [0.25, 0.3) is 5.91 Å². The van der Waals surface area contributed by atoms with Gasteiger partial charge in [-0.25, -0.2) is 0 Å². The summed E-state index contributed by atoms with van der Waals surface area (Å²) in [6.07, 6.45) is 0.721. The van der Waals surface area contributed by atoms with Crippen molar-refractivity contribution in [3.63, 3.8) is 0 Å². The molecule has 1 heterocycles. The maximum Gasteiger partial charge on any atom is 0.255 e. The second-order valence-electron chi connectivity index (χ2n) is 8.72. The monoisotopic (exact) mass is 476 g/mol. The summed E-state index contributed by atoms with van der Waals surface area (Å²) in [6, 6.07) is 4.78. The number of para-hydroxylation sites is 1. The normalized spacial score (nSPS) is 20.0. The summed E-state index contributed by atoms with van der Waals surface area (Å²) in [5.41, 5.74) is 0.240. The van der Waals surface area contributed by atoms with Gasteiger partial charge >= 0.3 is 0 Å². The first-order valence-corrected chi connectivity index (χ1v) is 11.6. The van der Waals surface area contributed by atoms with Crippen LogP contribution < -0.4 is 20.7 Å². The lowest BCUT2D eigenvalue weighted by molar-refractivity contribution is -0.136. The predicted molar refractivity (Wildman–Crippen MR) is 126 cm³/mol. The summed E-state index contributed by atoms with van der Waals surface area (Å²) in [4.78, 5) is 53.2. The number of nitrogens with zero attached hydrogens (tertiary/aromatic N) is 1. The Bertz CT molecular complexity index is 860. The first-order valence-electron chi connectivity index (χ1n) is 11.6. The van der Waals surface area contributed by atoms with Crippen LogP contribution in [0.2, 0.25) is 0 Å². The van der Waals surface area contributed by atoms with Crippen LogP contribution in [0.1, 0.15) is 43.5 Å². The molecule has 0 aliphatic carbocycles. The third kappa shape index (κ3) is 8.33. The standard InChI is InChI=1S/C24H36N4O6/c1-16(2)14-19-24(32)28(3)11-13-34-20-9-6-5-8-17(20)22(30)27-18(15-21(29)26-19)23(31)25-10-7-12-33-4/h5-6,8-9,16,18-19H,7,10-15H2,1-4H3,(H,25,31)(H,26,29)(H,27,30)/t18-,19+/m0/s1. The smallest absolute Gasteiger partial charge is 0.255 e. The lowest BCUT2D eigenvalue weighted by atomic mass is 10.0. The first-order chi connectivity index (χ1) is 16.2. The molecule has 1 aromatic carbocycles. The molecule has 0 unspecified atom stereocenters. The summed E-state index contributed by atoms with van der Waals surface area (Å²) >= 11 is 0. The Hall–Kier alpha value is -3.14. The van der Waals surface area contributed by atoms with Crippen molar-refractivity contribution in [1.82, 2.24) is 20.9 Å². The molecule has 3 N–H and O–H groups in total. The maximum absolute atomic E-state index is 13.0. The number of benzene rings is 1. The summed E-state index contributed by atoms with van der Waals surface area (Å²) in [6.45, 7) is 5.17. The van der Waals surface area contributed by atoms with Crippen LogP contribution >= 0.6 is 0 Å². The number of hydrogen-bond acceptors (Lipinski definition) is 6. The van der Waals surface area contributed by atoms with Gasteiger partial charge in [0.1, 0.15) is 24.4 Å². The van der Waals surface area contributed by atoms with Crippen molar-refractivity contribution >= 4 is 23.6 Å². The van der Waals surface area contributed by atoms with E-state index in [1.165, 1.54) is 4.90 Å². The molecule has 10 nitrogen and oxygen atoms in total. The first kappa shape index (κ1) is 27.1. The van der Waals surface area contributed by atoms with Gasteiger partial charge in [0.05, 0.1) is 18.5 Å². The Balaban J connectivity index is 2.31. The number of hydrogen-bond donors (Lipinski definition) is 3. The number of carbonyl (C=O) groups is 4. The zero-order chi connectivity index (χ0) is 25.1. The number of ether oxygens (including phenoxy) is 2. The topological polar surface area (TPSA) is 126 Å². The van der Waals surface area contributed by atoms with Gasteiger partial charge < -0.3 is 30.3 Å². The maximum atomic E-state index is 13.0. The Labute approximate surface area is 200 Å². The van der Waals surface area contributed by atoms with Gasteiger partial charge in [-0.15, -0.1) is 0 Å². The van der Waals surface area contributed by atoms with Gasteiger partial charge in [-0.1, -0.05) is 26.0 Å². The van der Waals surface area contributed by atoms with E-state index in [0.29, 0.717) is 31.7 Å². The molecule has 0 saturated carbocycles. The lowest BCUT2D eigenvalue weighted by Gasteiger charge is -2.27. The molecule has 10 heteroatoms. The van der Waals surface area contributed by atoms with Crippen molar-refractivity contribution < 1.29 is 28.7 Å². The fourth-order valence-corrected chi connectivity index (χ4v) is 3.58. The van der Waals surface area contributed by atoms with E-state index < -0.39 is 29.8 Å². The van der Waals surface area contributed by atoms with Gasteiger partial charge in [0.15, 0.2) is 0 Å². The quantitative estimate of drug-likeness (QED) is 0.498. The minimum Gasteiger partial charge on any atom is -0.491 e. The van der Waals surface area contributed by atoms with Crippen LogP contribution in [0.3, 0.4) is 0 Å². The Kier molecular flexibility index (Phi) is 10.8. The molecular formula is C24H36N4O6. The highest BCUT2D eigenvalue weighted by Crippen LogP contribution is 2.19. The Morgan fingerprint density at radius 1 is 1.24 bits per heavy atom. The van der Waals surface area contributed by atoms with E-state index >= 15 is 0 Å². The van der Waals surface area contributed by atoms with Gasteiger partial charge in [-0.05, 0) is 30.9 Å². The number of carbonyl (C=O) groups excluding carboxylic acids is 4. The van der Waals surface area contributed by atoms with Gasteiger partial charge in [-0.2, -0.15) is 0 Å². The highest BCUT2D eigenvalue weighted by molar-refractivity contribution is 6.01. The molecule has 2 rings (SSSR count). The predicted octanol–water partition coefficient (Wildman–Crippen LogP) is 0.710. The third-order valence-electron chi connectivity index (χ3n) is 5.37. The molecule has 0 radical (unpaired) electrons. The summed E-state index contributed by atoms with van der Waals surface area (Å²) in [5.74, 6) is -1.26. The van der Waals surface area contributed by atoms with E-state index in [2.05, 4.69) is 16.0 Å².